The number of halogens is 1. The first kappa shape index (κ1) is 10.2. The molecule has 0 spiro atoms. The van der Waals surface area contributed by atoms with Gasteiger partial charge >= 0.3 is 0 Å². The van der Waals surface area contributed by atoms with Gasteiger partial charge in [0.2, 0.25) is 0 Å². The zero-order valence-corrected chi connectivity index (χ0v) is 8.05. The van der Waals surface area contributed by atoms with E-state index in [2.05, 4.69) is 0 Å². The lowest BCUT2D eigenvalue weighted by Crippen LogP contribution is -2.00. The molecule has 0 radical (unpaired) electrons. The summed E-state index contributed by atoms with van der Waals surface area (Å²) >= 11 is 0. The monoisotopic (exact) mass is 182 g/mol. The smallest absolute Gasteiger partial charge is 0.126 e. The Morgan fingerprint density at radius 3 is 2.77 bits per heavy atom. The van der Waals surface area contributed by atoms with Crippen LogP contribution in [0, 0.1) is 12.7 Å². The van der Waals surface area contributed by atoms with Crippen LogP contribution < -0.4 is 0 Å². The molecule has 1 aromatic rings. The molecule has 13 heavy (non-hydrogen) atoms. The SMILES string of the molecule is CCCC(O)c1cccc(F)c1C. The number of aliphatic hydroxyl groups excluding tert-OH is 1. The van der Waals surface area contributed by atoms with Gasteiger partial charge in [-0.3, -0.25) is 0 Å². The van der Waals surface area contributed by atoms with E-state index in [4.69, 9.17) is 0 Å². The molecule has 2 heteroatoms. The highest BCUT2D eigenvalue weighted by Crippen LogP contribution is 2.23. The molecule has 0 aromatic heterocycles. The molecule has 0 saturated carbocycles. The van der Waals surface area contributed by atoms with Gasteiger partial charge in [0.15, 0.2) is 0 Å². The van der Waals surface area contributed by atoms with Gasteiger partial charge in [0.25, 0.3) is 0 Å². The highest BCUT2D eigenvalue weighted by molar-refractivity contribution is 5.29. The van der Waals surface area contributed by atoms with Gasteiger partial charge < -0.3 is 5.11 Å². The van der Waals surface area contributed by atoms with Gasteiger partial charge in [0.1, 0.15) is 5.82 Å². The Morgan fingerprint density at radius 2 is 2.15 bits per heavy atom. The van der Waals surface area contributed by atoms with Crippen LogP contribution in [0.25, 0.3) is 0 Å². The summed E-state index contributed by atoms with van der Waals surface area (Å²) in [4.78, 5) is 0. The first-order valence-electron chi connectivity index (χ1n) is 4.60. The van der Waals surface area contributed by atoms with Gasteiger partial charge in [0.05, 0.1) is 6.10 Å². The predicted molar refractivity (Wildman–Crippen MR) is 51.0 cm³/mol. The minimum Gasteiger partial charge on any atom is -0.388 e. The Balaban J connectivity index is 2.93. The molecule has 0 saturated heterocycles. The summed E-state index contributed by atoms with van der Waals surface area (Å²) in [5.74, 6) is -0.243. The summed E-state index contributed by atoms with van der Waals surface area (Å²) in [7, 11) is 0. The summed E-state index contributed by atoms with van der Waals surface area (Å²) in [5, 5.41) is 9.66. The molecule has 0 aliphatic carbocycles. The molecule has 1 nitrogen and oxygen atoms in total. The van der Waals surface area contributed by atoms with Crippen LogP contribution >= 0.6 is 0 Å². The Kier molecular flexibility index (Phi) is 3.43. The molecule has 0 amide bonds. The van der Waals surface area contributed by atoms with Crippen LogP contribution in [-0.2, 0) is 0 Å². The number of benzene rings is 1. The topological polar surface area (TPSA) is 20.2 Å². The predicted octanol–water partition coefficient (Wildman–Crippen LogP) is 2.97. The zero-order valence-electron chi connectivity index (χ0n) is 8.05. The van der Waals surface area contributed by atoms with Crippen LogP contribution in [0.5, 0.6) is 0 Å². The van der Waals surface area contributed by atoms with Crippen LogP contribution in [0.3, 0.4) is 0 Å². The van der Waals surface area contributed by atoms with Gasteiger partial charge in [-0.15, -0.1) is 0 Å². The van der Waals surface area contributed by atoms with Crippen molar-refractivity contribution in [3.8, 4) is 0 Å². The van der Waals surface area contributed by atoms with Crippen molar-refractivity contribution in [1.82, 2.24) is 0 Å². The van der Waals surface area contributed by atoms with Gasteiger partial charge in [0, 0.05) is 0 Å². The third-order valence-corrected chi connectivity index (χ3v) is 2.23. The fourth-order valence-electron chi connectivity index (χ4n) is 1.41. The second-order valence-corrected chi connectivity index (χ2v) is 3.26. The molecule has 72 valence electrons. The van der Waals surface area contributed by atoms with Crippen molar-refractivity contribution >= 4 is 0 Å². The van der Waals surface area contributed by atoms with E-state index in [-0.39, 0.29) is 5.82 Å². The van der Waals surface area contributed by atoms with Gasteiger partial charge in [-0.25, -0.2) is 4.39 Å². The lowest BCUT2D eigenvalue weighted by Gasteiger charge is -2.12. The van der Waals surface area contributed by atoms with Crippen LogP contribution in [0.1, 0.15) is 37.0 Å². The maximum atomic E-state index is 13.1. The average Bonchev–Trinajstić information content (AvgIpc) is 2.10. The molecule has 0 aliphatic heterocycles. The molecule has 1 unspecified atom stereocenters. The summed E-state index contributed by atoms with van der Waals surface area (Å²) in [5.41, 5.74) is 1.27. The van der Waals surface area contributed by atoms with E-state index < -0.39 is 6.10 Å². The van der Waals surface area contributed by atoms with E-state index in [9.17, 15) is 9.50 Å². The van der Waals surface area contributed by atoms with Gasteiger partial charge in [-0.2, -0.15) is 0 Å². The number of hydrogen-bond donors (Lipinski definition) is 1. The van der Waals surface area contributed by atoms with Gasteiger partial charge in [-0.1, -0.05) is 25.5 Å². The van der Waals surface area contributed by atoms with Crippen molar-refractivity contribution in [3.63, 3.8) is 0 Å². The number of aliphatic hydroxyl groups is 1. The molecule has 0 aliphatic rings. The maximum Gasteiger partial charge on any atom is 0.126 e. The Labute approximate surface area is 78.2 Å². The van der Waals surface area contributed by atoms with Crippen molar-refractivity contribution in [2.75, 3.05) is 0 Å². The van der Waals surface area contributed by atoms with E-state index in [0.29, 0.717) is 17.5 Å². The first-order valence-corrected chi connectivity index (χ1v) is 4.60. The second kappa shape index (κ2) is 4.38. The fourth-order valence-corrected chi connectivity index (χ4v) is 1.41. The third kappa shape index (κ3) is 2.28. The normalized spacial score (nSPS) is 12.9. The summed E-state index contributed by atoms with van der Waals surface area (Å²) < 4.78 is 13.1. The largest absolute Gasteiger partial charge is 0.388 e. The molecule has 1 rings (SSSR count). The first-order chi connectivity index (χ1) is 6.16. The number of hydrogen-bond acceptors (Lipinski definition) is 1. The molecule has 1 N–H and O–H groups in total. The van der Waals surface area contributed by atoms with Crippen molar-refractivity contribution in [2.45, 2.75) is 32.8 Å². The fraction of sp³-hybridized carbons (Fsp3) is 0.455. The highest BCUT2D eigenvalue weighted by Gasteiger charge is 2.11. The summed E-state index contributed by atoms with van der Waals surface area (Å²) in [6.07, 6.45) is 1.06. The molecule has 0 heterocycles. The van der Waals surface area contributed by atoms with E-state index in [1.165, 1.54) is 6.07 Å². The van der Waals surface area contributed by atoms with Gasteiger partial charge in [-0.05, 0) is 30.5 Å². The summed E-state index contributed by atoms with van der Waals surface area (Å²) in [6.45, 7) is 3.70. The molecular weight excluding hydrogens is 167 g/mol. The standard InChI is InChI=1S/C11H15FO/c1-3-5-11(13)9-6-4-7-10(12)8(9)2/h4,6-7,11,13H,3,5H2,1-2H3. The van der Waals surface area contributed by atoms with Crippen molar-refractivity contribution in [1.29, 1.82) is 0 Å². The van der Waals surface area contributed by atoms with Crippen molar-refractivity contribution < 1.29 is 9.50 Å². The maximum absolute atomic E-state index is 13.1. The quantitative estimate of drug-likeness (QED) is 0.762. The van der Waals surface area contributed by atoms with Crippen LogP contribution in [0.15, 0.2) is 18.2 Å². The highest BCUT2D eigenvalue weighted by atomic mass is 19.1. The molecule has 0 bridgehead atoms. The molecular formula is C11H15FO. The van der Waals surface area contributed by atoms with Crippen LogP contribution in [0.4, 0.5) is 4.39 Å². The van der Waals surface area contributed by atoms with Crippen LogP contribution in [0.2, 0.25) is 0 Å². The lowest BCUT2D eigenvalue weighted by molar-refractivity contribution is 0.165. The average molecular weight is 182 g/mol. The second-order valence-electron chi connectivity index (χ2n) is 3.26. The van der Waals surface area contributed by atoms with Crippen LogP contribution in [-0.4, -0.2) is 5.11 Å². The molecule has 1 aromatic carbocycles. The van der Waals surface area contributed by atoms with E-state index in [1.807, 2.05) is 6.92 Å². The minimum absolute atomic E-state index is 0.243. The van der Waals surface area contributed by atoms with Crippen molar-refractivity contribution in [3.05, 3.63) is 35.1 Å². The zero-order chi connectivity index (χ0) is 9.84. The molecule has 0 fully saturated rings. The van der Waals surface area contributed by atoms with Crippen molar-refractivity contribution in [2.24, 2.45) is 0 Å². The summed E-state index contributed by atoms with van der Waals surface area (Å²) in [6, 6.07) is 4.83. The van der Waals surface area contributed by atoms with E-state index >= 15 is 0 Å². The van der Waals surface area contributed by atoms with E-state index in [0.717, 1.165) is 6.42 Å². The number of rotatable bonds is 3. The Hall–Kier alpha value is -0.890. The minimum atomic E-state index is -0.527. The molecule has 1 atom stereocenters. The third-order valence-electron chi connectivity index (χ3n) is 2.23. The lowest BCUT2D eigenvalue weighted by atomic mass is 10.00. The van der Waals surface area contributed by atoms with E-state index in [1.54, 1.807) is 19.1 Å². The Bertz CT molecular complexity index is 283. The Morgan fingerprint density at radius 1 is 1.46 bits per heavy atom.